The van der Waals surface area contributed by atoms with Crippen molar-refractivity contribution in [2.45, 2.75) is 12.5 Å². The monoisotopic (exact) mass is 347 g/mol. The molecule has 108 valence electrons. The minimum atomic E-state index is -6.03. The first-order valence-electron chi connectivity index (χ1n) is 3.54. The summed E-state index contributed by atoms with van der Waals surface area (Å²) in [4.78, 5) is 0. The summed E-state index contributed by atoms with van der Waals surface area (Å²) < 4.78 is 113. The molecule has 16 heteroatoms. The van der Waals surface area contributed by atoms with Crippen LogP contribution in [0, 0.1) is 0 Å². The van der Waals surface area contributed by atoms with Gasteiger partial charge in [0.1, 0.15) is 0 Å². The average Bonchev–Trinajstić information content (AvgIpc) is 2.22. The van der Waals surface area contributed by atoms with Gasteiger partial charge in [0.05, 0.1) is 0 Å². The van der Waals surface area contributed by atoms with Crippen LogP contribution in [-0.2, 0) is 4.52 Å². The van der Waals surface area contributed by atoms with E-state index in [0.29, 0.717) is 0 Å². The molecule has 0 aromatic rings. The van der Waals surface area contributed by atoms with E-state index in [1.165, 1.54) is 0 Å². The van der Waals surface area contributed by atoms with Crippen molar-refractivity contribution in [2.75, 3.05) is 0 Å². The second kappa shape index (κ2) is 5.38. The first-order valence-corrected chi connectivity index (χ1v) is 7.32. The molecule has 0 aromatic carbocycles. The fourth-order valence-electron chi connectivity index (χ4n) is 0.607. The molecule has 0 radical (unpaired) electrons. The van der Waals surface area contributed by atoms with Gasteiger partial charge in [0.25, 0.3) is 0 Å². The Morgan fingerprint density at radius 1 is 1.22 bits per heavy atom. The summed E-state index contributed by atoms with van der Waals surface area (Å²) in [5.74, 6) is 0. The van der Waals surface area contributed by atoms with Gasteiger partial charge in [-0.1, -0.05) is 0 Å². The van der Waals surface area contributed by atoms with Crippen LogP contribution in [-0.4, -0.2) is 21.9 Å². The summed E-state index contributed by atoms with van der Waals surface area (Å²) in [6, 6.07) is 0. The van der Waals surface area contributed by atoms with Crippen LogP contribution in [0.3, 0.4) is 0 Å². The highest BCUT2D eigenvalue weighted by Gasteiger charge is 2.55. The lowest BCUT2D eigenvalue weighted by Gasteiger charge is -2.30. The zero-order valence-corrected chi connectivity index (χ0v) is 10.3. The maximum absolute atomic E-state index is 13.3. The quantitative estimate of drug-likeness (QED) is 0.372. The number of alkyl halides is 4. The molecular weight excluding hydrogens is 346 g/mol. The highest BCUT2D eigenvalue weighted by atomic mass is 31.3. The largest absolute Gasteiger partial charge is 0.445 e. The zero-order chi connectivity index (χ0) is 14.3. The summed E-state index contributed by atoms with van der Waals surface area (Å²) in [5, 5.41) is 0. The molecule has 1 heterocycles. The highest BCUT2D eigenvalue weighted by molar-refractivity contribution is 7.77. The van der Waals surface area contributed by atoms with Crippen LogP contribution in [0.1, 0.15) is 0 Å². The van der Waals surface area contributed by atoms with E-state index in [2.05, 4.69) is 4.52 Å². The number of halogens is 9. The van der Waals surface area contributed by atoms with Gasteiger partial charge in [0.15, 0.2) is 0 Å². The van der Waals surface area contributed by atoms with Gasteiger partial charge >= 0.3 is 37.3 Å². The Morgan fingerprint density at radius 2 is 1.72 bits per heavy atom. The average molecular weight is 347 g/mol. The van der Waals surface area contributed by atoms with Crippen molar-refractivity contribution in [1.29, 1.82) is 0 Å². The van der Waals surface area contributed by atoms with Gasteiger partial charge < -0.3 is 0 Å². The molecule has 0 bridgehead atoms. The first-order chi connectivity index (χ1) is 7.99. The predicted molar refractivity (Wildman–Crippen MR) is 44.4 cm³/mol. The van der Waals surface area contributed by atoms with E-state index >= 15 is 0 Å². The molecule has 4 unspecified atom stereocenters. The molecular formula is C2HF9N3OP3. The van der Waals surface area contributed by atoms with Crippen LogP contribution in [0.4, 0.5) is 39.1 Å². The standard InChI is InChI=1S/C2HF9N3OP3/c3-1(2(4,5)6)15-18(11)12-16(9)13(7)17(10)14(18)8/h1H. The summed E-state index contributed by atoms with van der Waals surface area (Å²) in [6.45, 7) is 0. The SMILES string of the molecule is FC(OP1(F)=NP(F)N(F)P(F)N1F)C(F)(F)F. The summed E-state index contributed by atoms with van der Waals surface area (Å²) >= 11 is 0. The third kappa shape index (κ3) is 3.26. The molecule has 4 nitrogen and oxygen atoms in total. The van der Waals surface area contributed by atoms with E-state index in [4.69, 9.17) is 0 Å². The molecule has 0 aliphatic carbocycles. The van der Waals surface area contributed by atoms with E-state index in [-0.39, 0.29) is 0 Å². The van der Waals surface area contributed by atoms with Gasteiger partial charge in [-0.05, 0) is 4.66 Å². The van der Waals surface area contributed by atoms with Crippen LogP contribution >= 0.6 is 24.8 Å². The van der Waals surface area contributed by atoms with E-state index in [9.17, 15) is 39.1 Å². The van der Waals surface area contributed by atoms with Crippen molar-refractivity contribution in [3.8, 4) is 0 Å². The lowest BCUT2D eigenvalue weighted by Crippen LogP contribution is -2.27. The molecule has 0 aromatic heterocycles. The van der Waals surface area contributed by atoms with E-state index < -0.39 is 46.7 Å². The van der Waals surface area contributed by atoms with Gasteiger partial charge in [-0.3, -0.25) is 4.52 Å². The zero-order valence-electron chi connectivity index (χ0n) is 7.57. The first kappa shape index (κ1) is 16.4. The Labute approximate surface area is 95.8 Å². The van der Waals surface area contributed by atoms with Gasteiger partial charge in [-0.25, -0.2) is 4.39 Å². The Hall–Kier alpha value is 0.340. The molecule has 0 N–H and O–H groups in total. The van der Waals surface area contributed by atoms with Crippen molar-refractivity contribution in [3.05, 3.63) is 0 Å². The summed E-state index contributed by atoms with van der Waals surface area (Å²) in [7, 11) is -14.5. The summed E-state index contributed by atoms with van der Waals surface area (Å²) in [5.41, 5.74) is 0. The Balaban J connectivity index is 3.01. The highest BCUT2D eigenvalue weighted by Crippen LogP contribution is 2.80. The molecule has 0 amide bonds. The second-order valence-corrected chi connectivity index (χ2v) is 7.36. The lowest BCUT2D eigenvalue weighted by atomic mass is 10.7. The molecule has 0 spiro atoms. The molecule has 1 aliphatic heterocycles. The minimum Gasteiger partial charge on any atom is -0.262 e. The van der Waals surface area contributed by atoms with E-state index in [0.717, 1.165) is 0 Å². The van der Waals surface area contributed by atoms with Crippen molar-refractivity contribution < 1.29 is 43.6 Å². The minimum absolute atomic E-state index is 1.45. The van der Waals surface area contributed by atoms with Crippen LogP contribution in [0.2, 0.25) is 0 Å². The molecule has 1 aliphatic rings. The maximum Gasteiger partial charge on any atom is 0.445 e. The Morgan fingerprint density at radius 3 is 2.17 bits per heavy atom. The maximum atomic E-state index is 13.3. The van der Waals surface area contributed by atoms with Gasteiger partial charge in [0, 0.05) is 4.66 Å². The van der Waals surface area contributed by atoms with Gasteiger partial charge in [0.2, 0.25) is 0 Å². The molecule has 0 fully saturated rings. The predicted octanol–water partition coefficient (Wildman–Crippen LogP) is 5.56. The number of hydrogen-bond donors (Lipinski definition) is 0. The topological polar surface area (TPSA) is 28.1 Å². The van der Waals surface area contributed by atoms with Crippen molar-refractivity contribution in [3.63, 3.8) is 0 Å². The fraction of sp³-hybridized carbons (Fsp3) is 1.00. The second-order valence-electron chi connectivity index (χ2n) is 2.49. The molecule has 0 saturated carbocycles. The third-order valence-electron chi connectivity index (χ3n) is 1.28. The van der Waals surface area contributed by atoms with Gasteiger partial charge in [-0.2, -0.15) is 30.3 Å². The lowest BCUT2D eigenvalue weighted by molar-refractivity contribution is -0.238. The van der Waals surface area contributed by atoms with Gasteiger partial charge in [-0.15, -0.1) is 8.96 Å². The van der Waals surface area contributed by atoms with Crippen molar-refractivity contribution >= 4 is 24.8 Å². The molecule has 4 atom stereocenters. The Kier molecular flexibility index (Phi) is 4.90. The molecule has 0 saturated heterocycles. The Bertz CT molecular complexity index is 363. The smallest absolute Gasteiger partial charge is 0.262 e. The van der Waals surface area contributed by atoms with E-state index in [1.54, 1.807) is 0 Å². The number of hydrogen-bond acceptors (Lipinski definition) is 4. The van der Waals surface area contributed by atoms with E-state index in [1.807, 2.05) is 4.52 Å². The molecule has 1 rings (SSSR count). The normalized spacial score (nSPS) is 37.4. The van der Waals surface area contributed by atoms with Crippen LogP contribution in [0.5, 0.6) is 0 Å². The van der Waals surface area contributed by atoms with Crippen molar-refractivity contribution in [1.82, 2.24) is 9.33 Å². The van der Waals surface area contributed by atoms with Crippen LogP contribution in [0.15, 0.2) is 4.52 Å². The number of nitrogens with zero attached hydrogens (tertiary/aromatic N) is 3. The third-order valence-corrected chi connectivity index (χ3v) is 6.42. The summed E-state index contributed by atoms with van der Waals surface area (Å²) in [6.07, 6.45) is -10.1. The van der Waals surface area contributed by atoms with Crippen LogP contribution < -0.4 is 0 Å². The number of rotatable bonds is 2. The van der Waals surface area contributed by atoms with Crippen molar-refractivity contribution in [2.24, 2.45) is 4.52 Å². The fourth-order valence-corrected chi connectivity index (χ4v) is 5.18. The molecule has 18 heavy (non-hydrogen) atoms. The van der Waals surface area contributed by atoms with Crippen LogP contribution in [0.25, 0.3) is 0 Å².